The summed E-state index contributed by atoms with van der Waals surface area (Å²) in [5.74, 6) is 0. The monoisotopic (exact) mass is 191 g/mol. The van der Waals surface area contributed by atoms with E-state index in [-0.39, 0.29) is 0 Å². The fourth-order valence-electron chi connectivity index (χ4n) is 1.68. The van der Waals surface area contributed by atoms with Gasteiger partial charge >= 0.3 is 99.7 Å². The van der Waals surface area contributed by atoms with E-state index in [1.165, 1.54) is 63.3 Å². The fraction of sp³-hybridized carbons (Fsp3) is 1.00. The van der Waals surface area contributed by atoms with Gasteiger partial charge in [0.1, 0.15) is 0 Å². The van der Waals surface area contributed by atoms with E-state index in [4.69, 9.17) is 0 Å². The molecule has 0 aromatic heterocycles. The van der Waals surface area contributed by atoms with Crippen LogP contribution >= 0.6 is 0 Å². The van der Waals surface area contributed by atoms with Crippen molar-refractivity contribution in [3.05, 3.63) is 0 Å². The Hall–Kier alpha value is 0.557. The second kappa shape index (κ2) is 11.6. The summed E-state index contributed by atoms with van der Waals surface area (Å²) in [5.41, 5.74) is 0. The zero-order valence-electron chi connectivity index (χ0n) is 10.5. The van der Waals surface area contributed by atoms with Crippen LogP contribution in [0.4, 0.5) is 0 Å². The Labute approximate surface area is 99.8 Å². The number of hydrogen-bond donors (Lipinski definition) is 0. The van der Waals surface area contributed by atoms with Gasteiger partial charge in [0.2, 0.25) is 0 Å². The maximum absolute atomic E-state index is 2.66. The summed E-state index contributed by atoms with van der Waals surface area (Å²) in [6.07, 6.45) is 8.19. The molecule has 0 aromatic rings. The standard InChI is InChI=1S/C12H26N.Li/c1-4-7-10-13(11-8-5-2)12-9-6-3;/h1,4-12H2,2-3H3;. The van der Waals surface area contributed by atoms with E-state index in [0.717, 1.165) is 0 Å². The second-order valence-electron chi connectivity index (χ2n) is 4.26. The predicted molar refractivity (Wildman–Crippen MR) is 66.1 cm³/mol. The molecule has 0 fully saturated rings. The van der Waals surface area contributed by atoms with E-state index in [1.54, 1.807) is 0 Å². The molecule has 0 atom stereocenters. The first-order valence-corrected chi connectivity index (χ1v) is 6.57. The van der Waals surface area contributed by atoms with Gasteiger partial charge in [-0.3, -0.25) is 0 Å². The molecule has 0 bridgehead atoms. The van der Waals surface area contributed by atoms with Gasteiger partial charge < -0.3 is 0 Å². The van der Waals surface area contributed by atoms with Gasteiger partial charge in [-0.05, 0) is 0 Å². The first-order valence-electron chi connectivity index (χ1n) is 6.57. The minimum atomic E-state index is 1.32. The van der Waals surface area contributed by atoms with Crippen molar-refractivity contribution in [3.8, 4) is 0 Å². The zero-order valence-corrected chi connectivity index (χ0v) is 10.5. The molecule has 0 aliphatic carbocycles. The van der Waals surface area contributed by atoms with Gasteiger partial charge in [-0.2, -0.15) is 0 Å². The van der Waals surface area contributed by atoms with Gasteiger partial charge in [-0.15, -0.1) is 0 Å². The first kappa shape index (κ1) is 14.6. The van der Waals surface area contributed by atoms with Crippen LogP contribution < -0.4 is 0 Å². The molecule has 0 aliphatic rings. The van der Waals surface area contributed by atoms with Crippen LogP contribution in [0.5, 0.6) is 0 Å². The second-order valence-corrected chi connectivity index (χ2v) is 4.26. The molecule has 0 N–H and O–H groups in total. The van der Waals surface area contributed by atoms with E-state index in [0.29, 0.717) is 0 Å². The average Bonchev–Trinajstić information content (AvgIpc) is 2.21. The SMILES string of the molecule is [Li][CH2]CCCN(CCCC)CCCC. The molecular weight excluding hydrogens is 165 g/mol. The van der Waals surface area contributed by atoms with E-state index in [2.05, 4.69) is 36.5 Å². The van der Waals surface area contributed by atoms with Crippen molar-refractivity contribution in [2.24, 2.45) is 0 Å². The number of nitrogens with zero attached hydrogens (tertiary/aromatic N) is 1. The Morgan fingerprint density at radius 2 is 1.29 bits per heavy atom. The molecule has 0 rings (SSSR count). The molecule has 14 heavy (non-hydrogen) atoms. The van der Waals surface area contributed by atoms with Crippen LogP contribution in [0, 0.1) is 0 Å². The summed E-state index contributed by atoms with van der Waals surface area (Å²) >= 11 is 2.28. The fourth-order valence-corrected chi connectivity index (χ4v) is 1.68. The van der Waals surface area contributed by atoms with Crippen LogP contribution in [0.25, 0.3) is 0 Å². The van der Waals surface area contributed by atoms with E-state index in [9.17, 15) is 0 Å². The molecule has 0 radical (unpaired) electrons. The number of hydrogen-bond acceptors (Lipinski definition) is 1. The van der Waals surface area contributed by atoms with E-state index >= 15 is 0 Å². The summed E-state index contributed by atoms with van der Waals surface area (Å²) in [6, 6.07) is 0. The third-order valence-corrected chi connectivity index (χ3v) is 2.73. The van der Waals surface area contributed by atoms with Crippen molar-refractivity contribution in [2.45, 2.75) is 57.5 Å². The average molecular weight is 191 g/mol. The van der Waals surface area contributed by atoms with Gasteiger partial charge in [0, 0.05) is 0 Å². The van der Waals surface area contributed by atoms with Gasteiger partial charge in [-0.25, -0.2) is 0 Å². The molecule has 80 valence electrons. The summed E-state index contributed by atoms with van der Waals surface area (Å²) < 4.78 is 0. The van der Waals surface area contributed by atoms with Gasteiger partial charge in [0.15, 0.2) is 0 Å². The molecular formula is C12H26LiN. The van der Waals surface area contributed by atoms with E-state index in [1.807, 2.05) is 0 Å². The van der Waals surface area contributed by atoms with Crippen molar-refractivity contribution >= 4 is 17.7 Å². The van der Waals surface area contributed by atoms with E-state index < -0.39 is 0 Å². The topological polar surface area (TPSA) is 3.24 Å². The van der Waals surface area contributed by atoms with Crippen molar-refractivity contribution in [2.75, 3.05) is 19.6 Å². The molecule has 0 aromatic carbocycles. The third kappa shape index (κ3) is 9.13. The zero-order chi connectivity index (χ0) is 10.6. The van der Waals surface area contributed by atoms with Crippen molar-refractivity contribution in [1.29, 1.82) is 0 Å². The predicted octanol–water partition coefficient (Wildman–Crippen LogP) is 3.26. The quantitative estimate of drug-likeness (QED) is 0.378. The van der Waals surface area contributed by atoms with Gasteiger partial charge in [0.25, 0.3) is 0 Å². The van der Waals surface area contributed by atoms with Crippen molar-refractivity contribution < 1.29 is 0 Å². The summed E-state index contributed by atoms with van der Waals surface area (Å²) in [7, 11) is 0. The number of rotatable bonds is 10. The Balaban J connectivity index is 3.49. The van der Waals surface area contributed by atoms with Gasteiger partial charge in [-0.1, -0.05) is 0 Å². The number of unbranched alkanes of at least 4 members (excludes halogenated alkanes) is 3. The Morgan fingerprint density at radius 1 is 0.786 bits per heavy atom. The Kier molecular flexibility index (Phi) is 12.1. The van der Waals surface area contributed by atoms with Crippen LogP contribution in [0.15, 0.2) is 0 Å². The first-order chi connectivity index (χ1) is 6.85. The van der Waals surface area contributed by atoms with Crippen molar-refractivity contribution in [3.63, 3.8) is 0 Å². The Bertz CT molecular complexity index is 98.5. The molecule has 0 amide bonds. The minimum absolute atomic E-state index is 1.32. The molecule has 0 saturated carbocycles. The molecule has 0 saturated heterocycles. The van der Waals surface area contributed by atoms with Crippen LogP contribution in [0.1, 0.15) is 52.4 Å². The van der Waals surface area contributed by atoms with Crippen LogP contribution in [-0.2, 0) is 0 Å². The molecule has 2 heteroatoms. The molecule has 1 nitrogen and oxygen atoms in total. The normalized spacial score (nSPS) is 11.2. The molecule has 0 heterocycles. The molecule has 0 unspecified atom stereocenters. The summed E-state index contributed by atoms with van der Waals surface area (Å²) in [6.45, 7) is 8.53. The maximum atomic E-state index is 2.66. The third-order valence-electron chi connectivity index (χ3n) is 2.73. The van der Waals surface area contributed by atoms with Crippen LogP contribution in [0.2, 0.25) is 5.09 Å². The van der Waals surface area contributed by atoms with Gasteiger partial charge in [0.05, 0.1) is 0 Å². The molecule has 0 aliphatic heterocycles. The van der Waals surface area contributed by atoms with Crippen LogP contribution in [-0.4, -0.2) is 42.2 Å². The Morgan fingerprint density at radius 3 is 1.71 bits per heavy atom. The van der Waals surface area contributed by atoms with Crippen LogP contribution in [0.3, 0.4) is 0 Å². The summed E-state index contributed by atoms with van der Waals surface area (Å²) in [5, 5.41) is 1.34. The molecule has 0 spiro atoms. The van der Waals surface area contributed by atoms with Crippen molar-refractivity contribution in [1.82, 2.24) is 4.90 Å². The summed E-state index contributed by atoms with van der Waals surface area (Å²) in [4.78, 5) is 2.66.